The Balaban J connectivity index is 2.08. The van der Waals surface area contributed by atoms with Crippen LogP contribution in [0.3, 0.4) is 0 Å². The third-order valence-electron chi connectivity index (χ3n) is 4.34. The zero-order valence-electron chi connectivity index (χ0n) is 9.68. The van der Waals surface area contributed by atoms with Crippen molar-refractivity contribution in [3.63, 3.8) is 0 Å². The predicted molar refractivity (Wildman–Crippen MR) is 60.2 cm³/mol. The molecule has 0 aromatic heterocycles. The fourth-order valence-electron chi connectivity index (χ4n) is 3.57. The Bertz CT molecular complexity index is 221. The van der Waals surface area contributed by atoms with Gasteiger partial charge in [-0.2, -0.15) is 0 Å². The third-order valence-corrected chi connectivity index (χ3v) is 4.34. The zero-order chi connectivity index (χ0) is 10.1. The number of nitrogens with one attached hydrogen (secondary N) is 1. The van der Waals surface area contributed by atoms with Crippen molar-refractivity contribution in [3.8, 4) is 0 Å². The molecule has 0 spiro atoms. The summed E-state index contributed by atoms with van der Waals surface area (Å²) >= 11 is 0. The van der Waals surface area contributed by atoms with Crippen LogP contribution in [-0.2, 0) is 0 Å². The normalized spacial score (nSPS) is 43.4. The average Bonchev–Trinajstić information content (AvgIpc) is 2.18. The largest absolute Gasteiger partial charge is 0.304 e. The molecule has 2 rings (SSSR count). The van der Waals surface area contributed by atoms with Gasteiger partial charge in [-0.25, -0.2) is 0 Å². The van der Waals surface area contributed by atoms with E-state index in [0.29, 0.717) is 0 Å². The summed E-state index contributed by atoms with van der Waals surface area (Å²) in [6, 6.07) is 0.914. The van der Waals surface area contributed by atoms with Crippen molar-refractivity contribution in [2.45, 2.75) is 52.0 Å². The van der Waals surface area contributed by atoms with Gasteiger partial charge in [0.15, 0.2) is 0 Å². The molecule has 14 heavy (non-hydrogen) atoms. The Kier molecular flexibility index (Phi) is 2.96. The van der Waals surface area contributed by atoms with Gasteiger partial charge < -0.3 is 4.90 Å². The second kappa shape index (κ2) is 4.06. The Morgan fingerprint density at radius 1 is 1.36 bits per heavy atom. The number of allylic oxidation sites excluding steroid dienone is 1. The molecule has 1 heteroatoms. The molecular weight excluding hydrogens is 170 g/mol. The van der Waals surface area contributed by atoms with Gasteiger partial charge in [0.1, 0.15) is 5.70 Å². The lowest BCUT2D eigenvalue weighted by atomic mass is 9.73. The highest BCUT2D eigenvalue weighted by Crippen LogP contribution is 2.33. The number of piperidine rings is 1. The molecule has 4 atom stereocenters. The van der Waals surface area contributed by atoms with Crippen LogP contribution in [0.1, 0.15) is 46.0 Å². The van der Waals surface area contributed by atoms with Gasteiger partial charge in [-0.15, -0.1) is 0 Å². The standard InChI is InChI=1S/C13H23N/c1-4-14-11(3)6-7-12-9-10(2)5-8-13(12)14/h10,12-13H,3-9H2,1-2H3/p+1. The van der Waals surface area contributed by atoms with Crippen LogP contribution in [0.15, 0.2) is 12.3 Å². The smallest absolute Gasteiger partial charge is 0.100 e. The van der Waals surface area contributed by atoms with Crippen LogP contribution in [0, 0.1) is 11.8 Å². The van der Waals surface area contributed by atoms with Gasteiger partial charge in [0.25, 0.3) is 0 Å². The van der Waals surface area contributed by atoms with Crippen LogP contribution < -0.4 is 4.90 Å². The van der Waals surface area contributed by atoms with E-state index in [1.165, 1.54) is 44.3 Å². The molecule has 1 nitrogen and oxygen atoms in total. The second-order valence-corrected chi connectivity index (χ2v) is 5.31. The lowest BCUT2D eigenvalue weighted by Crippen LogP contribution is -3.15. The van der Waals surface area contributed by atoms with E-state index >= 15 is 0 Å². The van der Waals surface area contributed by atoms with Crippen LogP contribution in [0.4, 0.5) is 0 Å². The third kappa shape index (κ3) is 1.75. The Morgan fingerprint density at radius 3 is 2.86 bits per heavy atom. The van der Waals surface area contributed by atoms with Crippen LogP contribution >= 0.6 is 0 Å². The van der Waals surface area contributed by atoms with Crippen molar-refractivity contribution in [1.82, 2.24) is 0 Å². The van der Waals surface area contributed by atoms with E-state index in [1.54, 1.807) is 4.90 Å². The van der Waals surface area contributed by atoms with Crippen molar-refractivity contribution in [3.05, 3.63) is 12.3 Å². The van der Waals surface area contributed by atoms with Crippen molar-refractivity contribution in [1.29, 1.82) is 0 Å². The van der Waals surface area contributed by atoms with Gasteiger partial charge in [-0.3, -0.25) is 0 Å². The summed E-state index contributed by atoms with van der Waals surface area (Å²) in [6.45, 7) is 10.2. The fourth-order valence-corrected chi connectivity index (χ4v) is 3.57. The summed E-state index contributed by atoms with van der Waals surface area (Å²) in [6.07, 6.45) is 7.04. The van der Waals surface area contributed by atoms with Gasteiger partial charge in [0, 0.05) is 18.8 Å². The maximum Gasteiger partial charge on any atom is 0.100 e. The highest BCUT2D eigenvalue weighted by molar-refractivity contribution is 4.91. The molecule has 1 aliphatic carbocycles. The summed E-state index contributed by atoms with van der Waals surface area (Å²) in [7, 11) is 0. The average molecular weight is 194 g/mol. The van der Waals surface area contributed by atoms with Crippen LogP contribution in [0.5, 0.6) is 0 Å². The Hall–Kier alpha value is -0.300. The topological polar surface area (TPSA) is 4.44 Å². The summed E-state index contributed by atoms with van der Waals surface area (Å²) in [5.74, 6) is 1.97. The van der Waals surface area contributed by atoms with Gasteiger partial charge in [-0.1, -0.05) is 6.92 Å². The molecule has 2 fully saturated rings. The molecule has 0 amide bonds. The summed E-state index contributed by atoms with van der Waals surface area (Å²) in [5, 5.41) is 0. The van der Waals surface area contributed by atoms with Gasteiger partial charge in [0.05, 0.1) is 12.6 Å². The van der Waals surface area contributed by atoms with Crippen molar-refractivity contribution in [2.24, 2.45) is 11.8 Å². The first-order valence-electron chi connectivity index (χ1n) is 6.26. The molecule has 80 valence electrons. The van der Waals surface area contributed by atoms with E-state index in [1.807, 2.05) is 0 Å². The van der Waals surface area contributed by atoms with Crippen LogP contribution in [0.25, 0.3) is 0 Å². The number of hydrogen-bond donors (Lipinski definition) is 1. The Morgan fingerprint density at radius 2 is 2.14 bits per heavy atom. The van der Waals surface area contributed by atoms with E-state index in [9.17, 15) is 0 Å². The molecule has 0 radical (unpaired) electrons. The number of quaternary nitrogens is 1. The minimum atomic E-state index is 0.914. The molecule has 2 aliphatic rings. The number of rotatable bonds is 1. The van der Waals surface area contributed by atoms with E-state index in [4.69, 9.17) is 0 Å². The van der Waals surface area contributed by atoms with Crippen molar-refractivity contribution < 1.29 is 4.90 Å². The van der Waals surface area contributed by atoms with Crippen LogP contribution in [0.2, 0.25) is 0 Å². The SMILES string of the molecule is C=C1CCC2CC(C)CCC2[NH+]1CC. The number of likely N-dealkylation sites (tertiary alicyclic amines) is 1. The second-order valence-electron chi connectivity index (χ2n) is 5.31. The van der Waals surface area contributed by atoms with Crippen LogP contribution in [-0.4, -0.2) is 12.6 Å². The minimum Gasteiger partial charge on any atom is -0.304 e. The lowest BCUT2D eigenvalue weighted by Gasteiger charge is -2.43. The first-order chi connectivity index (χ1) is 6.72. The minimum absolute atomic E-state index is 0.914. The molecule has 0 aromatic rings. The first-order valence-corrected chi connectivity index (χ1v) is 6.26. The fraction of sp³-hybridized carbons (Fsp3) is 0.846. The quantitative estimate of drug-likeness (QED) is 0.651. The summed E-state index contributed by atoms with van der Waals surface area (Å²) < 4.78 is 0. The van der Waals surface area contributed by atoms with Gasteiger partial charge in [-0.05, 0) is 38.7 Å². The van der Waals surface area contributed by atoms with Gasteiger partial charge >= 0.3 is 0 Å². The van der Waals surface area contributed by atoms with Gasteiger partial charge in [0.2, 0.25) is 0 Å². The Labute approximate surface area is 88.2 Å². The highest BCUT2D eigenvalue weighted by Gasteiger charge is 2.39. The molecule has 0 bridgehead atoms. The molecule has 1 saturated heterocycles. The zero-order valence-corrected chi connectivity index (χ0v) is 9.68. The highest BCUT2D eigenvalue weighted by atomic mass is 15.2. The lowest BCUT2D eigenvalue weighted by molar-refractivity contribution is -0.897. The molecule has 4 unspecified atom stereocenters. The van der Waals surface area contributed by atoms with E-state index in [0.717, 1.165) is 17.9 Å². The molecule has 1 saturated carbocycles. The molecule has 1 N–H and O–H groups in total. The summed E-state index contributed by atoms with van der Waals surface area (Å²) in [5.41, 5.74) is 1.48. The number of hydrogen-bond acceptors (Lipinski definition) is 0. The van der Waals surface area contributed by atoms with E-state index in [2.05, 4.69) is 20.4 Å². The maximum absolute atomic E-state index is 4.24. The van der Waals surface area contributed by atoms with Crippen molar-refractivity contribution in [2.75, 3.05) is 6.54 Å². The monoisotopic (exact) mass is 194 g/mol. The molecule has 1 aliphatic heterocycles. The van der Waals surface area contributed by atoms with E-state index < -0.39 is 0 Å². The summed E-state index contributed by atoms with van der Waals surface area (Å²) in [4.78, 5) is 1.72. The predicted octanol–water partition coefficient (Wildman–Crippen LogP) is 2.00. The molecule has 0 aromatic carbocycles. The maximum atomic E-state index is 4.24. The molecular formula is C13H24N+. The molecule has 1 heterocycles. The van der Waals surface area contributed by atoms with Crippen molar-refractivity contribution >= 4 is 0 Å². The first kappa shape index (κ1) is 10.2. The number of fused-ring (bicyclic) bond motifs is 1. The van der Waals surface area contributed by atoms with E-state index in [-0.39, 0.29) is 0 Å².